The smallest absolute Gasteiger partial charge is 0.264 e. The number of ether oxygens (including phenoxy) is 1. The summed E-state index contributed by atoms with van der Waals surface area (Å²) in [5, 5.41) is 6.66. The van der Waals surface area contributed by atoms with Gasteiger partial charge in [0.25, 0.3) is 10.1 Å². The highest BCUT2D eigenvalue weighted by Crippen LogP contribution is 2.26. The summed E-state index contributed by atoms with van der Waals surface area (Å²) in [6.45, 7) is 5.72. The fourth-order valence-electron chi connectivity index (χ4n) is 2.68. The van der Waals surface area contributed by atoms with Crippen LogP contribution in [0.1, 0.15) is 13.8 Å². The Morgan fingerprint density at radius 3 is 2.52 bits per heavy atom. The molecule has 0 radical (unpaired) electrons. The molecule has 2 aliphatic rings. The Balaban J connectivity index is 1.75. The highest BCUT2D eigenvalue weighted by Gasteiger charge is 2.38. The Bertz CT molecular complexity index is 744. The van der Waals surface area contributed by atoms with E-state index in [4.69, 9.17) is 8.92 Å². The van der Waals surface area contributed by atoms with Crippen molar-refractivity contribution in [2.75, 3.05) is 38.0 Å². The molecular formula is C15H23N5O4S. The van der Waals surface area contributed by atoms with E-state index >= 15 is 0 Å². The zero-order valence-electron chi connectivity index (χ0n) is 14.8. The molecule has 1 aromatic rings. The van der Waals surface area contributed by atoms with E-state index in [1.54, 1.807) is 19.4 Å². The Morgan fingerprint density at radius 1 is 1.28 bits per heavy atom. The van der Waals surface area contributed by atoms with Gasteiger partial charge in [-0.3, -0.25) is 14.1 Å². The van der Waals surface area contributed by atoms with Gasteiger partial charge in [0.15, 0.2) is 0 Å². The van der Waals surface area contributed by atoms with Crippen molar-refractivity contribution in [3.8, 4) is 5.88 Å². The van der Waals surface area contributed by atoms with E-state index in [-0.39, 0.29) is 12.1 Å². The Morgan fingerprint density at radius 2 is 2.00 bits per heavy atom. The first-order valence-electron chi connectivity index (χ1n) is 8.03. The molecule has 0 atom stereocenters. The van der Waals surface area contributed by atoms with Gasteiger partial charge in [0, 0.05) is 12.1 Å². The first-order valence-corrected chi connectivity index (χ1v) is 9.84. The lowest BCUT2D eigenvalue weighted by atomic mass is 10.2. The zero-order chi connectivity index (χ0) is 18.2. The number of rotatable bonds is 5. The topological polar surface area (TPSA) is 87.6 Å². The van der Waals surface area contributed by atoms with Crippen LogP contribution in [-0.2, 0) is 14.3 Å². The maximum Gasteiger partial charge on any atom is 0.264 e. The summed E-state index contributed by atoms with van der Waals surface area (Å²) in [5.74, 6) is 1.32. The number of likely N-dealkylation sites (tertiary alicyclic amines) is 1. The van der Waals surface area contributed by atoms with Crippen LogP contribution in [0.3, 0.4) is 0 Å². The summed E-state index contributed by atoms with van der Waals surface area (Å²) in [4.78, 5) is 8.30. The van der Waals surface area contributed by atoms with Gasteiger partial charge in [-0.1, -0.05) is 0 Å². The third kappa shape index (κ3) is 3.96. The second-order valence-electron chi connectivity index (χ2n) is 6.39. The number of hydrogen-bond donors (Lipinski definition) is 0. The average molecular weight is 369 g/mol. The number of methoxy groups -OCH3 is 1. The van der Waals surface area contributed by atoms with Gasteiger partial charge in [-0.2, -0.15) is 8.42 Å². The van der Waals surface area contributed by atoms with Crippen molar-refractivity contribution in [3.05, 3.63) is 18.3 Å². The first kappa shape index (κ1) is 17.7. The minimum atomic E-state index is -3.44. The molecule has 0 amide bonds. The predicted octanol–water partition coefficient (Wildman–Crippen LogP) is 0.510. The Labute approximate surface area is 147 Å². The van der Waals surface area contributed by atoms with Gasteiger partial charge in [-0.15, -0.1) is 5.10 Å². The minimum absolute atomic E-state index is 0.246. The summed E-state index contributed by atoms with van der Waals surface area (Å²) in [7, 11) is -1.87. The van der Waals surface area contributed by atoms with Gasteiger partial charge in [-0.05, 0) is 19.9 Å². The summed E-state index contributed by atoms with van der Waals surface area (Å²) >= 11 is 0. The molecule has 0 aliphatic carbocycles. The number of hydrogen-bond acceptors (Lipinski definition) is 9. The molecule has 0 aromatic carbocycles. The summed E-state index contributed by atoms with van der Waals surface area (Å²) < 4.78 is 32.6. The first-order chi connectivity index (χ1) is 11.8. The van der Waals surface area contributed by atoms with Crippen molar-refractivity contribution in [1.82, 2.24) is 14.9 Å². The number of guanidine groups is 1. The summed E-state index contributed by atoms with van der Waals surface area (Å²) in [5.41, 5.74) is 0.898. The van der Waals surface area contributed by atoms with Crippen LogP contribution in [0.25, 0.3) is 0 Å². The molecule has 25 heavy (non-hydrogen) atoms. The van der Waals surface area contributed by atoms with Crippen molar-refractivity contribution >= 4 is 21.8 Å². The number of aromatic nitrogens is 1. The largest absolute Gasteiger partial charge is 0.481 e. The van der Waals surface area contributed by atoms with E-state index in [0.29, 0.717) is 25.6 Å². The molecule has 1 fully saturated rings. The number of nitrogens with zero attached hydrogens (tertiary/aromatic N) is 5. The SMILES string of the molecule is COc1ccc(N2CN(C(C)C)N=C2N2CC(OS(C)(=O)=O)C2)cn1. The molecule has 3 heterocycles. The van der Waals surface area contributed by atoms with Crippen molar-refractivity contribution in [3.63, 3.8) is 0 Å². The maximum absolute atomic E-state index is 11.2. The van der Waals surface area contributed by atoms with Crippen molar-refractivity contribution in [2.45, 2.75) is 26.0 Å². The average Bonchev–Trinajstić information content (AvgIpc) is 2.94. The van der Waals surface area contributed by atoms with Crippen LogP contribution in [0.4, 0.5) is 5.69 Å². The van der Waals surface area contributed by atoms with Gasteiger partial charge < -0.3 is 9.64 Å². The summed E-state index contributed by atoms with van der Waals surface area (Å²) in [6.07, 6.45) is 2.47. The van der Waals surface area contributed by atoms with E-state index in [0.717, 1.165) is 17.9 Å². The van der Waals surface area contributed by atoms with Crippen molar-refractivity contribution in [2.24, 2.45) is 5.10 Å². The van der Waals surface area contributed by atoms with E-state index < -0.39 is 10.1 Å². The highest BCUT2D eigenvalue weighted by atomic mass is 32.2. The number of anilines is 1. The molecule has 3 rings (SSSR count). The third-order valence-electron chi connectivity index (χ3n) is 4.03. The Hall–Kier alpha value is -2.07. The molecule has 10 heteroatoms. The van der Waals surface area contributed by atoms with E-state index in [9.17, 15) is 8.42 Å². The maximum atomic E-state index is 11.2. The van der Waals surface area contributed by atoms with Gasteiger partial charge in [0.2, 0.25) is 11.8 Å². The van der Waals surface area contributed by atoms with Gasteiger partial charge in [0.1, 0.15) is 12.8 Å². The van der Waals surface area contributed by atoms with E-state index in [2.05, 4.69) is 23.9 Å². The molecule has 9 nitrogen and oxygen atoms in total. The molecule has 1 saturated heterocycles. The molecule has 0 unspecified atom stereocenters. The predicted molar refractivity (Wildman–Crippen MR) is 93.8 cm³/mol. The lowest BCUT2D eigenvalue weighted by molar-refractivity contribution is 0.0732. The molecule has 0 spiro atoms. The molecule has 0 bridgehead atoms. The van der Waals surface area contributed by atoms with Crippen LogP contribution in [-0.4, -0.2) is 74.5 Å². The fourth-order valence-corrected chi connectivity index (χ4v) is 3.30. The molecule has 0 N–H and O–H groups in total. The quantitative estimate of drug-likeness (QED) is 0.694. The number of pyridine rings is 1. The van der Waals surface area contributed by atoms with Gasteiger partial charge in [0.05, 0.1) is 38.3 Å². The van der Waals surface area contributed by atoms with Crippen LogP contribution in [0.5, 0.6) is 5.88 Å². The standard InChI is InChI=1S/C15H23N5O4S/c1-11(2)20-10-19(12-5-6-14(23-3)16-7-12)15(17-20)18-8-13(9-18)24-25(4,21)22/h5-7,11,13H,8-10H2,1-4H3. The van der Waals surface area contributed by atoms with Crippen LogP contribution in [0.2, 0.25) is 0 Å². The monoisotopic (exact) mass is 369 g/mol. The Kier molecular flexibility index (Phi) is 4.74. The normalized spacial score (nSPS) is 18.6. The second-order valence-corrected chi connectivity index (χ2v) is 7.99. The van der Waals surface area contributed by atoms with Crippen molar-refractivity contribution < 1.29 is 17.3 Å². The van der Waals surface area contributed by atoms with Gasteiger partial charge >= 0.3 is 0 Å². The van der Waals surface area contributed by atoms with Crippen LogP contribution < -0.4 is 9.64 Å². The lowest BCUT2D eigenvalue weighted by Crippen LogP contribution is -2.58. The molecule has 1 aromatic heterocycles. The van der Waals surface area contributed by atoms with E-state index in [1.165, 1.54) is 0 Å². The molecular weight excluding hydrogens is 346 g/mol. The molecule has 2 aliphatic heterocycles. The second kappa shape index (κ2) is 6.68. The zero-order valence-corrected chi connectivity index (χ0v) is 15.6. The highest BCUT2D eigenvalue weighted by molar-refractivity contribution is 7.86. The van der Waals surface area contributed by atoms with E-state index in [1.807, 2.05) is 20.9 Å². The minimum Gasteiger partial charge on any atom is -0.481 e. The lowest BCUT2D eigenvalue weighted by Gasteiger charge is -2.41. The van der Waals surface area contributed by atoms with Crippen LogP contribution in [0.15, 0.2) is 23.4 Å². The van der Waals surface area contributed by atoms with Crippen LogP contribution >= 0.6 is 0 Å². The van der Waals surface area contributed by atoms with Gasteiger partial charge in [-0.25, -0.2) is 4.98 Å². The molecule has 138 valence electrons. The fraction of sp³-hybridized carbons (Fsp3) is 0.600. The third-order valence-corrected chi connectivity index (χ3v) is 4.65. The van der Waals surface area contributed by atoms with Crippen LogP contribution in [0, 0.1) is 0 Å². The molecule has 0 saturated carbocycles. The summed E-state index contributed by atoms with van der Waals surface area (Å²) in [6, 6.07) is 3.97. The number of hydrazone groups is 1. The van der Waals surface area contributed by atoms with Crippen molar-refractivity contribution in [1.29, 1.82) is 0 Å².